The molecule has 0 saturated heterocycles. The van der Waals surface area contributed by atoms with Crippen molar-refractivity contribution in [2.24, 2.45) is 0 Å². The van der Waals surface area contributed by atoms with Crippen molar-refractivity contribution < 1.29 is 8.42 Å². The highest BCUT2D eigenvalue weighted by atomic mass is 32.2. The molecule has 140 valence electrons. The number of hydrogen-bond donors (Lipinski definition) is 1. The van der Waals surface area contributed by atoms with Gasteiger partial charge < -0.3 is 4.98 Å². The van der Waals surface area contributed by atoms with E-state index in [1.54, 1.807) is 10.9 Å². The van der Waals surface area contributed by atoms with E-state index >= 15 is 0 Å². The normalized spacial score (nSPS) is 12.3. The molecule has 0 fully saturated rings. The van der Waals surface area contributed by atoms with Crippen LogP contribution in [0.3, 0.4) is 0 Å². The molecule has 0 aliphatic heterocycles. The van der Waals surface area contributed by atoms with E-state index in [0.717, 1.165) is 28.8 Å². The van der Waals surface area contributed by atoms with Gasteiger partial charge in [-0.2, -0.15) is 9.40 Å². The van der Waals surface area contributed by atoms with Gasteiger partial charge in [0, 0.05) is 32.3 Å². The lowest BCUT2D eigenvalue weighted by Gasteiger charge is -2.18. The minimum Gasteiger partial charge on any atom is -0.342 e. The Labute approximate surface area is 154 Å². The molecular weight excluding hydrogens is 350 g/mol. The molecule has 2 aromatic heterocycles. The Hall–Kier alpha value is -2.19. The molecule has 0 saturated carbocycles. The van der Waals surface area contributed by atoms with Gasteiger partial charge in [-0.15, -0.1) is 0 Å². The Morgan fingerprint density at radius 2 is 2.08 bits per heavy atom. The first-order valence-electron chi connectivity index (χ1n) is 8.92. The van der Waals surface area contributed by atoms with Crippen molar-refractivity contribution in [3.8, 4) is 0 Å². The second-order valence-corrected chi connectivity index (χ2v) is 8.28. The highest BCUT2D eigenvalue weighted by Crippen LogP contribution is 2.18. The third-order valence-electron chi connectivity index (χ3n) is 4.41. The number of nitrogens with one attached hydrogen (secondary N) is 1. The van der Waals surface area contributed by atoms with Gasteiger partial charge in [0.2, 0.25) is 10.0 Å². The molecule has 3 rings (SSSR count). The first-order valence-corrected chi connectivity index (χ1v) is 10.4. The molecule has 3 aromatic rings. The predicted octanol–water partition coefficient (Wildman–Crippen LogP) is 2.73. The molecule has 7 nitrogen and oxygen atoms in total. The molecule has 0 aliphatic rings. The Balaban J connectivity index is 1.76. The molecule has 2 heterocycles. The maximum Gasteiger partial charge on any atom is 0.246 e. The standard InChI is InChI=1S/C18H25N5O2S/c1-4-10-22-13-15(12-19-22)26(24,25)23(5-2)11-9-17-20-16-8-6-7-14(3)18(16)21-17/h6-8,12-13H,4-5,9-11H2,1-3H3,(H,20,21). The zero-order valence-electron chi connectivity index (χ0n) is 15.4. The van der Waals surface area contributed by atoms with E-state index in [4.69, 9.17) is 0 Å². The molecular formula is C18H25N5O2S. The van der Waals surface area contributed by atoms with Crippen LogP contribution in [-0.2, 0) is 23.0 Å². The number of rotatable bonds is 8. The van der Waals surface area contributed by atoms with Crippen LogP contribution in [0.25, 0.3) is 11.0 Å². The molecule has 26 heavy (non-hydrogen) atoms. The molecule has 0 spiro atoms. The number of para-hydroxylation sites is 1. The maximum atomic E-state index is 12.9. The molecule has 0 aliphatic carbocycles. The summed E-state index contributed by atoms with van der Waals surface area (Å²) in [5.74, 6) is 0.796. The van der Waals surface area contributed by atoms with Crippen LogP contribution in [0.4, 0.5) is 0 Å². The molecule has 0 atom stereocenters. The van der Waals surface area contributed by atoms with Crippen LogP contribution >= 0.6 is 0 Å². The van der Waals surface area contributed by atoms with E-state index in [-0.39, 0.29) is 4.90 Å². The van der Waals surface area contributed by atoms with Gasteiger partial charge in [-0.05, 0) is 25.0 Å². The lowest BCUT2D eigenvalue weighted by molar-refractivity contribution is 0.428. The van der Waals surface area contributed by atoms with Crippen LogP contribution < -0.4 is 0 Å². The minimum absolute atomic E-state index is 0.244. The number of sulfonamides is 1. The molecule has 0 bridgehead atoms. The predicted molar refractivity (Wildman–Crippen MR) is 101 cm³/mol. The summed E-state index contributed by atoms with van der Waals surface area (Å²) in [7, 11) is -3.55. The van der Waals surface area contributed by atoms with Gasteiger partial charge >= 0.3 is 0 Å². The average molecular weight is 375 g/mol. The summed E-state index contributed by atoms with van der Waals surface area (Å²) in [5, 5.41) is 4.14. The SMILES string of the molecule is CCCn1cc(S(=O)(=O)N(CC)CCc2nc3c(C)cccc3[nH]2)cn1. The highest BCUT2D eigenvalue weighted by molar-refractivity contribution is 7.89. The van der Waals surface area contributed by atoms with Crippen molar-refractivity contribution in [1.29, 1.82) is 0 Å². The summed E-state index contributed by atoms with van der Waals surface area (Å²) in [5.41, 5.74) is 3.02. The maximum absolute atomic E-state index is 12.9. The van der Waals surface area contributed by atoms with Crippen LogP contribution in [0.1, 0.15) is 31.7 Å². The molecule has 1 N–H and O–H groups in total. The van der Waals surface area contributed by atoms with Crippen molar-refractivity contribution in [1.82, 2.24) is 24.1 Å². The van der Waals surface area contributed by atoms with E-state index in [0.29, 0.717) is 26.1 Å². The van der Waals surface area contributed by atoms with Crippen molar-refractivity contribution in [2.45, 2.75) is 45.1 Å². The number of fused-ring (bicyclic) bond motifs is 1. The molecule has 8 heteroatoms. The number of benzene rings is 1. The summed E-state index contributed by atoms with van der Waals surface area (Å²) in [6.07, 6.45) is 4.47. The molecule has 1 aromatic carbocycles. The minimum atomic E-state index is -3.55. The third kappa shape index (κ3) is 3.66. The van der Waals surface area contributed by atoms with E-state index in [9.17, 15) is 8.42 Å². The van der Waals surface area contributed by atoms with Gasteiger partial charge in [-0.3, -0.25) is 4.68 Å². The smallest absolute Gasteiger partial charge is 0.246 e. The Morgan fingerprint density at radius 3 is 2.77 bits per heavy atom. The Morgan fingerprint density at radius 1 is 1.27 bits per heavy atom. The number of likely N-dealkylation sites (N-methyl/N-ethyl adjacent to an activating group) is 1. The van der Waals surface area contributed by atoms with Crippen LogP contribution in [0, 0.1) is 6.92 Å². The van der Waals surface area contributed by atoms with Crippen molar-refractivity contribution >= 4 is 21.1 Å². The number of aromatic amines is 1. The monoisotopic (exact) mass is 375 g/mol. The summed E-state index contributed by atoms with van der Waals surface area (Å²) in [6, 6.07) is 5.98. The van der Waals surface area contributed by atoms with Crippen LogP contribution in [0.15, 0.2) is 35.5 Å². The fourth-order valence-corrected chi connectivity index (χ4v) is 4.41. The van der Waals surface area contributed by atoms with Crippen molar-refractivity contribution in [3.05, 3.63) is 42.0 Å². The van der Waals surface area contributed by atoms with Crippen LogP contribution in [0.2, 0.25) is 0 Å². The third-order valence-corrected chi connectivity index (χ3v) is 6.34. The highest BCUT2D eigenvalue weighted by Gasteiger charge is 2.24. The van der Waals surface area contributed by atoms with Crippen LogP contribution in [0.5, 0.6) is 0 Å². The first-order chi connectivity index (χ1) is 12.5. The number of imidazole rings is 1. The molecule has 0 radical (unpaired) electrons. The van der Waals surface area contributed by atoms with Gasteiger partial charge in [0.05, 0.1) is 17.2 Å². The fourth-order valence-electron chi connectivity index (χ4n) is 3.00. The largest absolute Gasteiger partial charge is 0.342 e. The Kier molecular flexibility index (Phi) is 5.43. The number of aryl methyl sites for hydroxylation is 2. The zero-order chi connectivity index (χ0) is 18.7. The number of aromatic nitrogens is 4. The van der Waals surface area contributed by atoms with Crippen molar-refractivity contribution in [3.63, 3.8) is 0 Å². The van der Waals surface area contributed by atoms with Crippen molar-refractivity contribution in [2.75, 3.05) is 13.1 Å². The average Bonchev–Trinajstić information content (AvgIpc) is 3.23. The zero-order valence-corrected chi connectivity index (χ0v) is 16.3. The number of nitrogens with zero attached hydrogens (tertiary/aromatic N) is 4. The summed E-state index contributed by atoms with van der Waals surface area (Å²) in [4.78, 5) is 8.13. The summed E-state index contributed by atoms with van der Waals surface area (Å²) < 4.78 is 28.9. The molecule has 0 unspecified atom stereocenters. The quantitative estimate of drug-likeness (QED) is 0.656. The van der Waals surface area contributed by atoms with E-state index in [1.807, 2.05) is 39.0 Å². The lowest BCUT2D eigenvalue weighted by atomic mass is 10.2. The summed E-state index contributed by atoms with van der Waals surface area (Å²) in [6.45, 7) is 7.38. The van der Waals surface area contributed by atoms with E-state index < -0.39 is 10.0 Å². The van der Waals surface area contributed by atoms with Gasteiger partial charge in [0.1, 0.15) is 10.7 Å². The summed E-state index contributed by atoms with van der Waals surface area (Å²) >= 11 is 0. The Bertz CT molecular complexity index is 990. The van der Waals surface area contributed by atoms with Gasteiger partial charge in [0.25, 0.3) is 0 Å². The fraction of sp³-hybridized carbons (Fsp3) is 0.444. The van der Waals surface area contributed by atoms with E-state index in [2.05, 4.69) is 15.1 Å². The second kappa shape index (κ2) is 7.59. The van der Waals surface area contributed by atoms with Gasteiger partial charge in [0.15, 0.2) is 0 Å². The second-order valence-electron chi connectivity index (χ2n) is 6.34. The molecule has 0 amide bonds. The van der Waals surface area contributed by atoms with Gasteiger partial charge in [-0.25, -0.2) is 13.4 Å². The lowest BCUT2D eigenvalue weighted by Crippen LogP contribution is -2.32. The van der Waals surface area contributed by atoms with Crippen LogP contribution in [-0.4, -0.2) is 45.6 Å². The number of H-pyrrole nitrogens is 1. The topological polar surface area (TPSA) is 83.9 Å². The van der Waals surface area contributed by atoms with E-state index in [1.165, 1.54) is 10.5 Å². The number of hydrogen-bond acceptors (Lipinski definition) is 4. The first kappa shape index (κ1) is 18.6. The van der Waals surface area contributed by atoms with Gasteiger partial charge in [-0.1, -0.05) is 26.0 Å².